The number of nitrogens with zero attached hydrogens (tertiary/aromatic N) is 2. The van der Waals surface area contributed by atoms with Crippen molar-refractivity contribution in [3.63, 3.8) is 0 Å². The number of hydrogen-bond acceptors (Lipinski definition) is 3. The van der Waals surface area contributed by atoms with E-state index in [4.69, 9.17) is 9.47 Å². The van der Waals surface area contributed by atoms with Crippen LogP contribution in [0.5, 0.6) is 5.75 Å². The summed E-state index contributed by atoms with van der Waals surface area (Å²) < 4.78 is 14.2. The number of rotatable bonds is 5. The number of aryl methyl sites for hydroxylation is 1. The van der Waals surface area contributed by atoms with Gasteiger partial charge in [0.2, 0.25) is 0 Å². The van der Waals surface area contributed by atoms with Crippen molar-refractivity contribution in [2.45, 2.75) is 20.3 Å². The lowest BCUT2D eigenvalue weighted by Gasteiger charge is -2.10. The molecule has 0 unspecified atom stereocenters. The molecule has 3 rings (SSSR count). The van der Waals surface area contributed by atoms with Gasteiger partial charge in [0.05, 0.1) is 9.99 Å². The Hall–Kier alpha value is -1.85. The normalized spacial score (nSPS) is 11.0. The van der Waals surface area contributed by atoms with Gasteiger partial charge in [0, 0.05) is 7.11 Å². The van der Waals surface area contributed by atoms with Gasteiger partial charge in [0.15, 0.2) is 5.75 Å². The number of fused-ring (bicyclic) bond motifs is 1. The number of aromatic nitrogens is 2. The average molecular weight is 361 g/mol. The van der Waals surface area contributed by atoms with Crippen LogP contribution < -0.4 is 4.74 Å². The van der Waals surface area contributed by atoms with Gasteiger partial charge in [-0.3, -0.25) is 0 Å². The quantitative estimate of drug-likeness (QED) is 0.680. The summed E-state index contributed by atoms with van der Waals surface area (Å²) in [5.41, 5.74) is 2.98. The van der Waals surface area contributed by atoms with Crippen LogP contribution in [-0.2, 0) is 18.1 Å². The topological polar surface area (TPSA) is 36.3 Å². The fraction of sp³-hybridized carbons (Fsp3) is 0.235. The molecule has 0 saturated heterocycles. The summed E-state index contributed by atoms with van der Waals surface area (Å²) in [7, 11) is 1.68. The lowest BCUT2D eigenvalue weighted by Crippen LogP contribution is -2.01. The van der Waals surface area contributed by atoms with Crippen molar-refractivity contribution < 1.29 is 9.47 Å². The largest absolute Gasteiger partial charge is 0.485 e. The summed E-state index contributed by atoms with van der Waals surface area (Å²) in [6.07, 6.45) is 0. The highest BCUT2D eigenvalue weighted by molar-refractivity contribution is 9.10. The van der Waals surface area contributed by atoms with E-state index in [1.165, 1.54) is 0 Å². The molecular weight excluding hydrogens is 344 g/mol. The maximum atomic E-state index is 6.02. The molecule has 4 nitrogen and oxygen atoms in total. The van der Waals surface area contributed by atoms with Crippen LogP contribution in [0.25, 0.3) is 11.0 Å². The van der Waals surface area contributed by atoms with E-state index >= 15 is 0 Å². The summed E-state index contributed by atoms with van der Waals surface area (Å²) in [6.45, 7) is 2.95. The van der Waals surface area contributed by atoms with Crippen LogP contribution in [0.1, 0.15) is 11.4 Å². The van der Waals surface area contributed by atoms with Crippen LogP contribution in [-0.4, -0.2) is 16.7 Å². The summed E-state index contributed by atoms with van der Waals surface area (Å²) >= 11 is 3.56. The van der Waals surface area contributed by atoms with Crippen molar-refractivity contribution >= 4 is 27.0 Å². The van der Waals surface area contributed by atoms with Crippen molar-refractivity contribution in [1.82, 2.24) is 9.55 Å². The van der Waals surface area contributed by atoms with Crippen molar-refractivity contribution in [2.24, 2.45) is 0 Å². The van der Waals surface area contributed by atoms with E-state index in [1.54, 1.807) is 7.11 Å². The Kier molecular flexibility index (Phi) is 4.45. The van der Waals surface area contributed by atoms with E-state index < -0.39 is 0 Å². The first-order valence-electron chi connectivity index (χ1n) is 7.01. The second-order valence-electron chi connectivity index (χ2n) is 5.02. The van der Waals surface area contributed by atoms with Gasteiger partial charge in [0.1, 0.15) is 24.7 Å². The smallest absolute Gasteiger partial charge is 0.161 e. The lowest BCUT2D eigenvalue weighted by atomic mass is 10.2. The Morgan fingerprint density at radius 1 is 1.14 bits per heavy atom. The zero-order chi connectivity index (χ0) is 15.5. The van der Waals surface area contributed by atoms with E-state index in [0.717, 1.165) is 32.6 Å². The van der Waals surface area contributed by atoms with Crippen molar-refractivity contribution in [1.29, 1.82) is 0 Å². The third-order valence-electron chi connectivity index (χ3n) is 3.50. The lowest BCUT2D eigenvalue weighted by molar-refractivity contribution is 0.132. The first-order chi connectivity index (χ1) is 10.7. The van der Waals surface area contributed by atoms with Gasteiger partial charge in [-0.1, -0.05) is 30.3 Å². The molecule has 1 aromatic heterocycles. The first kappa shape index (κ1) is 15.1. The van der Waals surface area contributed by atoms with E-state index in [2.05, 4.69) is 20.9 Å². The minimum Gasteiger partial charge on any atom is -0.485 e. The Morgan fingerprint density at radius 2 is 1.91 bits per heavy atom. The predicted molar refractivity (Wildman–Crippen MR) is 90.0 cm³/mol. The van der Waals surface area contributed by atoms with E-state index in [0.29, 0.717) is 13.3 Å². The minimum atomic E-state index is 0.474. The Bertz CT molecular complexity index is 784. The number of halogens is 1. The van der Waals surface area contributed by atoms with Crippen LogP contribution in [0.4, 0.5) is 0 Å². The molecule has 0 atom stereocenters. The molecule has 3 aromatic rings. The number of hydrogen-bond donors (Lipinski definition) is 0. The average Bonchev–Trinajstić information content (AvgIpc) is 2.84. The van der Waals surface area contributed by atoms with Gasteiger partial charge in [-0.25, -0.2) is 4.98 Å². The molecule has 0 bridgehead atoms. The Balaban J connectivity index is 1.97. The zero-order valence-electron chi connectivity index (χ0n) is 12.5. The third kappa shape index (κ3) is 2.87. The summed E-state index contributed by atoms with van der Waals surface area (Å²) in [5, 5.41) is 0. The molecule has 114 valence electrons. The molecule has 5 heteroatoms. The minimum absolute atomic E-state index is 0.474. The van der Waals surface area contributed by atoms with Crippen LogP contribution >= 0.6 is 15.9 Å². The van der Waals surface area contributed by atoms with Gasteiger partial charge in [-0.2, -0.15) is 0 Å². The van der Waals surface area contributed by atoms with Gasteiger partial charge >= 0.3 is 0 Å². The molecule has 0 aliphatic carbocycles. The van der Waals surface area contributed by atoms with E-state index in [1.807, 2.05) is 54.0 Å². The predicted octanol–water partition coefficient (Wildman–Crippen LogP) is 4.29. The standard InChI is InChI=1S/C17H17BrN2O2/c1-12-19-16-15(20(12)11-21-2)9-8-14(18)17(16)22-10-13-6-4-3-5-7-13/h3-9H,10-11H2,1-2H3. The number of ether oxygens (including phenoxy) is 2. The zero-order valence-corrected chi connectivity index (χ0v) is 14.1. The maximum absolute atomic E-state index is 6.02. The molecule has 0 radical (unpaired) electrons. The Morgan fingerprint density at radius 3 is 2.64 bits per heavy atom. The summed E-state index contributed by atoms with van der Waals surface area (Å²) in [4.78, 5) is 4.63. The van der Waals surface area contributed by atoms with Crippen molar-refractivity contribution in [2.75, 3.05) is 7.11 Å². The van der Waals surface area contributed by atoms with E-state index in [-0.39, 0.29) is 0 Å². The number of methoxy groups -OCH3 is 1. The molecule has 22 heavy (non-hydrogen) atoms. The fourth-order valence-corrected chi connectivity index (χ4v) is 2.85. The fourth-order valence-electron chi connectivity index (χ4n) is 2.42. The third-order valence-corrected chi connectivity index (χ3v) is 4.13. The van der Waals surface area contributed by atoms with Gasteiger partial charge in [0.25, 0.3) is 0 Å². The van der Waals surface area contributed by atoms with E-state index in [9.17, 15) is 0 Å². The highest BCUT2D eigenvalue weighted by Crippen LogP contribution is 2.34. The molecular formula is C17H17BrN2O2. The van der Waals surface area contributed by atoms with Gasteiger partial charge in [-0.05, 0) is 40.5 Å². The van der Waals surface area contributed by atoms with Gasteiger partial charge < -0.3 is 14.0 Å². The number of benzene rings is 2. The van der Waals surface area contributed by atoms with Crippen LogP contribution in [0.2, 0.25) is 0 Å². The molecule has 1 heterocycles. The monoisotopic (exact) mass is 360 g/mol. The highest BCUT2D eigenvalue weighted by Gasteiger charge is 2.15. The van der Waals surface area contributed by atoms with Crippen molar-refractivity contribution in [3.05, 3.63) is 58.3 Å². The van der Waals surface area contributed by atoms with Crippen molar-refractivity contribution in [3.8, 4) is 5.75 Å². The molecule has 0 aliphatic rings. The molecule has 0 saturated carbocycles. The molecule has 0 amide bonds. The highest BCUT2D eigenvalue weighted by atomic mass is 79.9. The number of imidazole rings is 1. The molecule has 0 N–H and O–H groups in total. The first-order valence-corrected chi connectivity index (χ1v) is 7.81. The molecule has 0 fully saturated rings. The second kappa shape index (κ2) is 6.50. The van der Waals surface area contributed by atoms with Crippen LogP contribution in [0.15, 0.2) is 46.9 Å². The SMILES string of the molecule is COCn1c(C)nc2c(OCc3ccccc3)c(Br)ccc21. The maximum Gasteiger partial charge on any atom is 0.161 e. The Labute approximate surface area is 137 Å². The summed E-state index contributed by atoms with van der Waals surface area (Å²) in [5.74, 6) is 1.67. The second-order valence-corrected chi connectivity index (χ2v) is 5.88. The molecule has 2 aromatic carbocycles. The molecule has 0 aliphatic heterocycles. The van der Waals surface area contributed by atoms with Gasteiger partial charge in [-0.15, -0.1) is 0 Å². The van der Waals surface area contributed by atoms with Crippen LogP contribution in [0.3, 0.4) is 0 Å². The molecule has 0 spiro atoms. The van der Waals surface area contributed by atoms with Crippen LogP contribution in [0, 0.1) is 6.92 Å². The summed E-state index contributed by atoms with van der Waals surface area (Å²) in [6, 6.07) is 14.1.